The lowest BCUT2D eigenvalue weighted by atomic mass is 10.2. The van der Waals surface area contributed by atoms with Gasteiger partial charge in [0.25, 0.3) is 5.56 Å². The second-order valence-corrected chi connectivity index (χ2v) is 12.0. The van der Waals surface area contributed by atoms with Gasteiger partial charge in [-0.15, -0.1) is 5.25 Å². The summed E-state index contributed by atoms with van der Waals surface area (Å²) < 4.78 is 41.8. The van der Waals surface area contributed by atoms with E-state index in [1.807, 2.05) is 0 Å². The highest BCUT2D eigenvalue weighted by Gasteiger charge is 2.41. The van der Waals surface area contributed by atoms with E-state index in [0.29, 0.717) is 0 Å². The minimum absolute atomic E-state index is 0.105. The van der Waals surface area contributed by atoms with E-state index >= 15 is 0 Å². The number of ether oxygens (including phenoxy) is 1. The highest BCUT2D eigenvalue weighted by molar-refractivity contribution is 8.08. The lowest BCUT2D eigenvalue weighted by molar-refractivity contribution is -0.0427. The number of aryl methyl sites for hydroxylation is 1. The van der Waals surface area contributed by atoms with E-state index in [1.165, 1.54) is 13.1 Å². The van der Waals surface area contributed by atoms with Crippen LogP contribution in [-0.4, -0.2) is 53.4 Å². The Morgan fingerprint density at radius 1 is 1.33 bits per heavy atom. The maximum atomic E-state index is 11.9. The Labute approximate surface area is 172 Å². The van der Waals surface area contributed by atoms with Crippen LogP contribution in [-0.2, 0) is 38.8 Å². The van der Waals surface area contributed by atoms with Gasteiger partial charge >= 0.3 is 28.0 Å². The second kappa shape index (κ2) is 9.48. The Kier molecular flexibility index (Phi) is 8.11. The minimum atomic E-state index is -5.45. The second-order valence-electron chi connectivity index (χ2n) is 5.93. The van der Waals surface area contributed by atoms with Crippen LogP contribution < -0.4 is 16.5 Å². The lowest BCUT2D eigenvalue weighted by Gasteiger charge is -2.22. The van der Waals surface area contributed by atoms with Crippen LogP contribution in [0.2, 0.25) is 0 Å². The summed E-state index contributed by atoms with van der Waals surface area (Å²) >= 11 is 4.49. The van der Waals surface area contributed by atoms with E-state index in [0.717, 1.165) is 9.82 Å². The molecule has 1 saturated heterocycles. The van der Waals surface area contributed by atoms with Crippen LogP contribution >= 0.6 is 22.3 Å². The highest BCUT2D eigenvalue weighted by atomic mass is 32.5. The Bertz CT molecular complexity index is 1040. The largest absolute Gasteiger partial charge is 0.487 e. The molecule has 16 nitrogen and oxygen atoms in total. The van der Waals surface area contributed by atoms with Crippen molar-refractivity contribution in [2.45, 2.75) is 31.8 Å². The summed E-state index contributed by atoms with van der Waals surface area (Å²) in [7, 11) is -10.6. The molecule has 0 radical (unpaired) electrons. The van der Waals surface area contributed by atoms with Crippen molar-refractivity contribution in [3.63, 3.8) is 0 Å². The van der Waals surface area contributed by atoms with Crippen LogP contribution in [0.5, 0.6) is 0 Å². The Morgan fingerprint density at radius 2 is 1.97 bits per heavy atom. The van der Waals surface area contributed by atoms with Gasteiger partial charge in [-0.1, -0.05) is 0 Å². The average Bonchev–Trinajstić information content (AvgIpc) is 2.95. The molecular formula is C10H18N3O13P3S. The highest BCUT2D eigenvalue weighted by Crippen LogP contribution is 2.66. The number of aromatic amines is 1. The van der Waals surface area contributed by atoms with Crippen LogP contribution in [0.1, 0.15) is 18.2 Å². The number of hydrogen-bond acceptors (Lipinski definition) is 11. The fourth-order valence-corrected chi connectivity index (χ4v) is 6.49. The van der Waals surface area contributed by atoms with Crippen molar-refractivity contribution in [3.05, 3.63) is 32.6 Å². The third-order valence-corrected chi connectivity index (χ3v) is 8.61. The molecule has 2 rings (SSSR count). The maximum absolute atomic E-state index is 11.9. The summed E-state index contributed by atoms with van der Waals surface area (Å²) in [4.78, 5) is 53.5. The van der Waals surface area contributed by atoms with E-state index in [2.05, 4.69) is 25.4 Å². The van der Waals surface area contributed by atoms with Crippen molar-refractivity contribution in [3.8, 4) is 0 Å². The summed E-state index contributed by atoms with van der Waals surface area (Å²) in [5, 5.41) is 19.1. The first-order chi connectivity index (χ1) is 13.6. The molecule has 3 unspecified atom stereocenters. The lowest BCUT2D eigenvalue weighted by Crippen LogP contribution is -2.33. The van der Waals surface area contributed by atoms with Gasteiger partial charge in [-0.2, -0.15) is 4.31 Å². The Hall–Kier alpha value is -0.610. The molecule has 0 spiro atoms. The fraction of sp³-hybridized carbons (Fsp3) is 0.600. The van der Waals surface area contributed by atoms with Crippen LogP contribution in [0.4, 0.5) is 0 Å². The van der Waals surface area contributed by atoms with E-state index in [9.17, 15) is 33.6 Å². The molecule has 0 aliphatic carbocycles. The van der Waals surface area contributed by atoms with Gasteiger partial charge in [0.1, 0.15) is 12.3 Å². The number of aromatic nitrogens is 2. The Morgan fingerprint density at radius 3 is 2.57 bits per heavy atom. The monoisotopic (exact) mass is 513 g/mol. The van der Waals surface area contributed by atoms with Crippen molar-refractivity contribution < 1.29 is 52.0 Å². The summed E-state index contributed by atoms with van der Waals surface area (Å²) in [6, 6.07) is 0. The molecule has 172 valence electrons. The molecule has 0 amide bonds. The number of aliphatic hydroxyl groups is 1. The van der Waals surface area contributed by atoms with E-state index < -0.39 is 58.6 Å². The SMILES string of the molecule is Cc1cn([C@H]2C[C@H](O)[C@@H](COP(O)(=S)OP(=O)(O)OP(=O)(O)NO)O2)c(=O)[nH]c1=O. The van der Waals surface area contributed by atoms with Gasteiger partial charge in [0, 0.05) is 18.2 Å². The number of H-pyrrole nitrogens is 1. The zero-order chi connectivity index (χ0) is 22.9. The predicted octanol–water partition coefficient (Wildman–Crippen LogP) is -1.06. The Balaban J connectivity index is 2.02. The number of rotatable bonds is 9. The third kappa shape index (κ3) is 6.95. The quantitative estimate of drug-likeness (QED) is 0.154. The summed E-state index contributed by atoms with van der Waals surface area (Å²) in [5.41, 5.74) is -1.17. The molecule has 1 aromatic rings. The van der Waals surface area contributed by atoms with Crippen LogP contribution in [0, 0.1) is 6.92 Å². The number of nitrogens with one attached hydrogen (secondary N) is 2. The first-order valence-electron chi connectivity index (χ1n) is 7.77. The molecule has 7 N–H and O–H groups in total. The van der Waals surface area contributed by atoms with Gasteiger partial charge in [-0.25, -0.2) is 18.2 Å². The van der Waals surface area contributed by atoms with Crippen LogP contribution in [0.25, 0.3) is 0 Å². The number of hydrogen-bond donors (Lipinski definition) is 7. The van der Waals surface area contributed by atoms with E-state index in [1.54, 1.807) is 0 Å². The minimum Gasteiger partial charge on any atom is -0.390 e. The summed E-state index contributed by atoms with van der Waals surface area (Å²) in [6.45, 7) is -3.78. The van der Waals surface area contributed by atoms with Crippen molar-refractivity contribution in [1.29, 1.82) is 0 Å². The van der Waals surface area contributed by atoms with Gasteiger partial charge in [-0.3, -0.25) is 14.3 Å². The smallest absolute Gasteiger partial charge is 0.390 e. The van der Waals surface area contributed by atoms with Crippen molar-refractivity contribution >= 4 is 34.1 Å². The zero-order valence-electron chi connectivity index (χ0n) is 14.9. The van der Waals surface area contributed by atoms with Gasteiger partial charge < -0.3 is 34.3 Å². The molecular weight excluding hydrogens is 495 g/mol. The predicted molar refractivity (Wildman–Crippen MR) is 99.8 cm³/mol. The van der Waals surface area contributed by atoms with Gasteiger partial charge in [0.2, 0.25) is 0 Å². The molecule has 0 saturated carbocycles. The standard InChI is InChI=1S/C10H18N3O13P3S/c1-5-3-13(10(16)11-9(5)15)8-2-6(14)7(24-8)4-23-29(22,30)26-28(20,21)25-27(18,19)12-17/h3,6-8,14,17H,2,4H2,1H3,(H,20,21)(H,22,30)(H,11,15,16)(H2,12,18,19)/t6-,7+,8+,29?/m0/s1. The molecule has 2 heterocycles. The summed E-state index contributed by atoms with van der Waals surface area (Å²) in [6.07, 6.45) is -2.28. The van der Waals surface area contributed by atoms with E-state index in [4.69, 9.17) is 19.4 Å². The van der Waals surface area contributed by atoms with Gasteiger partial charge in [0.15, 0.2) is 0 Å². The van der Waals surface area contributed by atoms with Crippen molar-refractivity contribution in [1.82, 2.24) is 14.8 Å². The van der Waals surface area contributed by atoms with Crippen LogP contribution in [0.15, 0.2) is 15.8 Å². The molecule has 30 heavy (non-hydrogen) atoms. The van der Waals surface area contributed by atoms with Gasteiger partial charge in [-0.05, 0) is 18.7 Å². The topological polar surface area (TPSA) is 239 Å². The third-order valence-electron chi connectivity index (χ3n) is 3.61. The normalized spacial score (nSPS) is 27.9. The molecule has 1 aromatic heterocycles. The average molecular weight is 513 g/mol. The molecule has 20 heteroatoms. The molecule has 0 aromatic carbocycles. The zero-order valence-corrected chi connectivity index (χ0v) is 18.4. The number of phosphoric acid groups is 1. The van der Waals surface area contributed by atoms with Gasteiger partial charge in [0.05, 0.1) is 12.7 Å². The molecule has 1 fully saturated rings. The van der Waals surface area contributed by atoms with E-state index in [-0.39, 0.29) is 12.0 Å². The first kappa shape index (κ1) is 25.6. The van der Waals surface area contributed by atoms with Crippen molar-refractivity contribution in [2.75, 3.05) is 6.61 Å². The van der Waals surface area contributed by atoms with Crippen molar-refractivity contribution in [2.24, 2.45) is 0 Å². The molecule has 6 atom stereocenters. The summed E-state index contributed by atoms with van der Waals surface area (Å²) in [5.74, 6) is 0. The molecule has 0 bridgehead atoms. The van der Waals surface area contributed by atoms with Crippen LogP contribution in [0.3, 0.4) is 0 Å². The number of nitrogens with zero attached hydrogens (tertiary/aromatic N) is 1. The first-order valence-corrected chi connectivity index (χ1v) is 13.4. The number of aliphatic hydroxyl groups excluding tert-OH is 1. The molecule has 1 aliphatic rings. The maximum Gasteiger partial charge on any atom is 0.487 e. The fourth-order valence-electron chi connectivity index (χ4n) is 2.33. The molecule has 1 aliphatic heterocycles.